The fourth-order valence-electron chi connectivity index (χ4n) is 5.90. The largest absolute Gasteiger partial charge is 0.481 e. The number of aliphatic carboxylic acids is 2. The number of nitrogens with zero attached hydrogens (tertiary/aromatic N) is 4. The van der Waals surface area contributed by atoms with Crippen molar-refractivity contribution in [1.29, 1.82) is 0 Å². The zero-order chi connectivity index (χ0) is 29.6. The molecule has 8 nitrogen and oxygen atoms in total. The van der Waals surface area contributed by atoms with E-state index in [9.17, 15) is 9.59 Å². The number of anilines is 2. The van der Waals surface area contributed by atoms with Crippen LogP contribution < -0.4 is 9.80 Å². The predicted molar refractivity (Wildman–Crippen MR) is 163 cm³/mol. The van der Waals surface area contributed by atoms with Crippen LogP contribution in [0.4, 0.5) is 11.4 Å². The predicted octanol–water partition coefficient (Wildman–Crippen LogP) is 5.16. The summed E-state index contributed by atoms with van der Waals surface area (Å²) < 4.78 is 0. The Morgan fingerprint density at radius 3 is 1.95 bits per heavy atom. The van der Waals surface area contributed by atoms with Gasteiger partial charge in [0.05, 0.1) is 35.6 Å². The molecule has 8 heteroatoms. The van der Waals surface area contributed by atoms with Gasteiger partial charge in [0, 0.05) is 38.6 Å². The van der Waals surface area contributed by atoms with Crippen molar-refractivity contribution in [3.8, 4) is 0 Å². The second-order valence-electron chi connectivity index (χ2n) is 10.9. The Kier molecular flexibility index (Phi) is 8.81. The number of hydrogen-bond acceptors (Lipinski definition) is 6. The molecule has 0 spiro atoms. The molecule has 0 fully saturated rings. The van der Waals surface area contributed by atoms with E-state index in [1.807, 2.05) is 56.4 Å². The molecule has 2 N–H and O–H groups in total. The van der Waals surface area contributed by atoms with Crippen molar-refractivity contribution in [2.24, 2.45) is 0 Å². The normalized spacial score (nSPS) is 13.9. The van der Waals surface area contributed by atoms with Crippen LogP contribution in [0.5, 0.6) is 0 Å². The highest BCUT2D eigenvalue weighted by Gasteiger charge is 2.21. The van der Waals surface area contributed by atoms with E-state index in [1.54, 1.807) is 6.20 Å². The van der Waals surface area contributed by atoms with E-state index in [4.69, 9.17) is 10.2 Å². The van der Waals surface area contributed by atoms with Crippen molar-refractivity contribution in [1.82, 2.24) is 9.97 Å². The zero-order valence-electron chi connectivity index (χ0n) is 24.1. The lowest BCUT2D eigenvalue weighted by molar-refractivity contribution is -0.137. The summed E-state index contributed by atoms with van der Waals surface area (Å²) in [6.07, 6.45) is 5.68. The molecular formula is C34H36N4O4. The minimum atomic E-state index is -0.780. The number of aromatic nitrogens is 2. The standard InChI is InChI=1S/2C17H18N2O2/c1-12-16(6-3-8-18-12)19-9-7-13-4-2-5-14(10-17(20)21)15(13)11-19;1-12-16(3-2-7-18-12)19-8-6-14-9-13(10-17(20)21)4-5-15(14)11-19/h2-6,8H,7,9-11H2,1H3,(H,20,21);2-5,7,9H,6,8,10-11H2,1H3,(H,20,21). The number of aryl methyl sites for hydroxylation is 2. The van der Waals surface area contributed by atoms with E-state index in [0.717, 1.165) is 72.8 Å². The van der Waals surface area contributed by atoms with E-state index in [-0.39, 0.29) is 12.8 Å². The molecule has 2 aliphatic rings. The van der Waals surface area contributed by atoms with Gasteiger partial charge in [0.2, 0.25) is 0 Å². The first kappa shape index (κ1) is 28.8. The van der Waals surface area contributed by atoms with Crippen molar-refractivity contribution in [3.63, 3.8) is 0 Å². The van der Waals surface area contributed by atoms with Crippen LogP contribution in [0.3, 0.4) is 0 Å². The monoisotopic (exact) mass is 564 g/mol. The first-order valence-electron chi connectivity index (χ1n) is 14.3. The fraction of sp³-hybridized carbons (Fsp3) is 0.294. The molecule has 0 aliphatic carbocycles. The number of carbonyl (C=O) groups is 2. The Morgan fingerprint density at radius 2 is 1.33 bits per heavy atom. The Hall–Kier alpha value is -4.72. The average molecular weight is 565 g/mol. The molecule has 0 amide bonds. The number of hydrogen-bond donors (Lipinski definition) is 2. The second-order valence-corrected chi connectivity index (χ2v) is 10.9. The van der Waals surface area contributed by atoms with Gasteiger partial charge in [-0.05, 0) is 84.3 Å². The first-order chi connectivity index (χ1) is 20.3. The SMILES string of the molecule is Cc1ncccc1N1CCc2cc(CC(=O)O)ccc2C1.Cc1ncccc1N1CCc2cccc(CC(=O)O)c2C1. The third-order valence-corrected chi connectivity index (χ3v) is 7.99. The van der Waals surface area contributed by atoms with Gasteiger partial charge in [-0.3, -0.25) is 19.6 Å². The number of fused-ring (bicyclic) bond motifs is 2. The van der Waals surface area contributed by atoms with E-state index >= 15 is 0 Å². The van der Waals surface area contributed by atoms with Crippen molar-refractivity contribution in [2.75, 3.05) is 22.9 Å². The maximum atomic E-state index is 11.0. The first-order valence-corrected chi connectivity index (χ1v) is 14.3. The Labute approximate surface area is 246 Å². The van der Waals surface area contributed by atoms with Crippen LogP contribution >= 0.6 is 0 Å². The third-order valence-electron chi connectivity index (χ3n) is 7.99. The molecule has 6 rings (SSSR count). The molecule has 2 aromatic carbocycles. The third kappa shape index (κ3) is 6.77. The molecule has 0 atom stereocenters. The summed E-state index contributed by atoms with van der Waals surface area (Å²) in [6, 6.07) is 20.1. The number of benzene rings is 2. The Bertz CT molecular complexity index is 1600. The molecule has 4 heterocycles. The Balaban J connectivity index is 0.000000168. The molecule has 2 aliphatic heterocycles. The van der Waals surface area contributed by atoms with Gasteiger partial charge in [0.25, 0.3) is 0 Å². The van der Waals surface area contributed by atoms with Crippen molar-refractivity contribution in [3.05, 3.63) is 118 Å². The van der Waals surface area contributed by atoms with E-state index in [0.29, 0.717) is 0 Å². The van der Waals surface area contributed by atoms with Crippen molar-refractivity contribution < 1.29 is 19.8 Å². The van der Waals surface area contributed by atoms with Gasteiger partial charge in [-0.1, -0.05) is 36.4 Å². The van der Waals surface area contributed by atoms with Crippen LogP contribution in [-0.2, 0) is 48.4 Å². The van der Waals surface area contributed by atoms with Crippen molar-refractivity contribution in [2.45, 2.75) is 52.6 Å². The summed E-state index contributed by atoms with van der Waals surface area (Å²) >= 11 is 0. The van der Waals surface area contributed by atoms with Crippen LogP contribution in [0.1, 0.15) is 44.8 Å². The van der Waals surface area contributed by atoms with E-state index in [2.05, 4.69) is 44.0 Å². The summed E-state index contributed by atoms with van der Waals surface area (Å²) in [7, 11) is 0. The van der Waals surface area contributed by atoms with Gasteiger partial charge >= 0.3 is 11.9 Å². The summed E-state index contributed by atoms with van der Waals surface area (Å²) in [5.74, 6) is -1.56. The molecule has 42 heavy (non-hydrogen) atoms. The molecule has 4 aromatic rings. The molecule has 2 aromatic heterocycles. The van der Waals surface area contributed by atoms with Gasteiger partial charge in [0.1, 0.15) is 0 Å². The summed E-state index contributed by atoms with van der Waals surface area (Å²) in [6.45, 7) is 7.53. The van der Waals surface area contributed by atoms with Gasteiger partial charge in [0.15, 0.2) is 0 Å². The molecule has 216 valence electrons. The fourth-order valence-corrected chi connectivity index (χ4v) is 5.90. The molecule has 0 bridgehead atoms. The summed E-state index contributed by atoms with van der Waals surface area (Å²) in [4.78, 5) is 35.2. The lowest BCUT2D eigenvalue weighted by atomic mass is 9.93. The van der Waals surface area contributed by atoms with Gasteiger partial charge in [-0.15, -0.1) is 0 Å². The smallest absolute Gasteiger partial charge is 0.307 e. The molecule has 0 unspecified atom stereocenters. The van der Waals surface area contributed by atoms with Crippen LogP contribution in [0.25, 0.3) is 0 Å². The van der Waals surface area contributed by atoms with Crippen LogP contribution in [0.15, 0.2) is 73.1 Å². The Morgan fingerprint density at radius 1 is 0.714 bits per heavy atom. The molecule has 0 saturated heterocycles. The van der Waals surface area contributed by atoms with Gasteiger partial charge in [-0.25, -0.2) is 0 Å². The number of pyridine rings is 2. The number of carboxylic acid groups (broad SMARTS) is 2. The number of carboxylic acids is 2. The van der Waals surface area contributed by atoms with Gasteiger partial charge < -0.3 is 20.0 Å². The highest BCUT2D eigenvalue weighted by Crippen LogP contribution is 2.29. The van der Waals surface area contributed by atoms with E-state index in [1.165, 1.54) is 22.4 Å². The minimum absolute atomic E-state index is 0.0863. The van der Waals surface area contributed by atoms with Gasteiger partial charge in [-0.2, -0.15) is 0 Å². The summed E-state index contributed by atoms with van der Waals surface area (Å²) in [5, 5.41) is 17.9. The topological polar surface area (TPSA) is 107 Å². The van der Waals surface area contributed by atoms with Crippen LogP contribution in [0, 0.1) is 13.8 Å². The minimum Gasteiger partial charge on any atom is -0.481 e. The highest BCUT2D eigenvalue weighted by molar-refractivity contribution is 5.71. The van der Waals surface area contributed by atoms with E-state index < -0.39 is 11.9 Å². The van der Waals surface area contributed by atoms with Crippen molar-refractivity contribution >= 4 is 23.3 Å². The lowest BCUT2D eigenvalue weighted by Gasteiger charge is -2.32. The average Bonchev–Trinajstić information content (AvgIpc) is 2.97. The molecular weight excluding hydrogens is 528 g/mol. The molecule has 0 saturated carbocycles. The second kappa shape index (κ2) is 12.9. The van der Waals surface area contributed by atoms with Crippen LogP contribution in [0.2, 0.25) is 0 Å². The molecule has 0 radical (unpaired) electrons. The maximum absolute atomic E-state index is 11.0. The van der Waals surface area contributed by atoms with Crippen LogP contribution in [-0.4, -0.2) is 45.2 Å². The number of rotatable bonds is 6. The summed E-state index contributed by atoms with van der Waals surface area (Å²) in [5.41, 5.74) is 11.1. The quantitative estimate of drug-likeness (QED) is 0.331. The zero-order valence-corrected chi connectivity index (χ0v) is 24.1. The maximum Gasteiger partial charge on any atom is 0.307 e. The highest BCUT2D eigenvalue weighted by atomic mass is 16.4. The lowest BCUT2D eigenvalue weighted by Crippen LogP contribution is -2.32.